The number of halogens is 2. The van der Waals surface area contributed by atoms with Crippen LogP contribution in [0.15, 0.2) is 41.1 Å². The van der Waals surface area contributed by atoms with Crippen LogP contribution in [0.4, 0.5) is 0 Å². The van der Waals surface area contributed by atoms with Gasteiger partial charge in [0.1, 0.15) is 5.75 Å². The lowest BCUT2D eigenvalue weighted by molar-refractivity contribution is 0.0844. The Bertz CT molecular complexity index is 724. The van der Waals surface area contributed by atoms with Gasteiger partial charge in [-0.25, -0.2) is 0 Å². The fourth-order valence-corrected chi connectivity index (χ4v) is 2.18. The number of aromatic nitrogens is 1. The third-order valence-electron chi connectivity index (χ3n) is 2.66. The minimum Gasteiger partial charge on any atom is -0.496 e. The Balaban J connectivity index is 2.07. The number of rotatable bonds is 3. The van der Waals surface area contributed by atoms with Crippen LogP contribution < -0.4 is 15.6 Å². The number of ether oxygens (including phenoxy) is 1. The van der Waals surface area contributed by atoms with Crippen LogP contribution >= 0.6 is 27.5 Å². The zero-order valence-electron chi connectivity index (χ0n) is 11.4. The van der Waals surface area contributed by atoms with Crippen molar-refractivity contribution in [3.05, 3.63) is 57.3 Å². The van der Waals surface area contributed by atoms with Crippen molar-refractivity contribution in [2.45, 2.75) is 0 Å². The summed E-state index contributed by atoms with van der Waals surface area (Å²) in [5.74, 6) is -0.695. The van der Waals surface area contributed by atoms with E-state index in [1.807, 2.05) is 0 Å². The van der Waals surface area contributed by atoms with Gasteiger partial charge in [0.25, 0.3) is 11.8 Å². The minimum absolute atomic E-state index is 0.211. The Kier molecular flexibility index (Phi) is 5.35. The average molecular weight is 385 g/mol. The second-order valence-electron chi connectivity index (χ2n) is 4.14. The van der Waals surface area contributed by atoms with E-state index < -0.39 is 11.8 Å². The highest BCUT2D eigenvalue weighted by Crippen LogP contribution is 2.22. The molecule has 6 nitrogen and oxygen atoms in total. The number of carbonyl (C=O) groups is 2. The fraction of sp³-hybridized carbons (Fsp3) is 0.0714. The summed E-state index contributed by atoms with van der Waals surface area (Å²) in [5.41, 5.74) is 5.11. The predicted octanol–water partition coefficient (Wildman–Crippen LogP) is 2.58. The van der Waals surface area contributed by atoms with Crippen LogP contribution in [0.25, 0.3) is 0 Å². The molecule has 1 aromatic heterocycles. The summed E-state index contributed by atoms with van der Waals surface area (Å²) in [6.07, 6.45) is 2.93. The third kappa shape index (κ3) is 3.96. The maximum atomic E-state index is 12.1. The molecule has 0 fully saturated rings. The number of amides is 2. The van der Waals surface area contributed by atoms with Gasteiger partial charge in [0, 0.05) is 21.9 Å². The van der Waals surface area contributed by atoms with Crippen molar-refractivity contribution < 1.29 is 14.3 Å². The average Bonchev–Trinajstić information content (AvgIpc) is 2.52. The fourth-order valence-electron chi connectivity index (χ4n) is 1.65. The van der Waals surface area contributed by atoms with E-state index in [2.05, 4.69) is 31.8 Å². The van der Waals surface area contributed by atoms with Gasteiger partial charge in [0.05, 0.1) is 18.2 Å². The molecule has 0 aliphatic heterocycles. The monoisotopic (exact) mass is 383 g/mol. The van der Waals surface area contributed by atoms with Gasteiger partial charge in [-0.15, -0.1) is 0 Å². The first-order valence-electron chi connectivity index (χ1n) is 6.06. The molecule has 0 bridgehead atoms. The van der Waals surface area contributed by atoms with Crippen molar-refractivity contribution in [2.24, 2.45) is 0 Å². The SMILES string of the molecule is COc1ccc(Cl)cc1C(=O)NNC(=O)c1cncc(Br)c1. The molecule has 0 spiro atoms. The Morgan fingerprint density at radius 2 is 1.91 bits per heavy atom. The summed E-state index contributed by atoms with van der Waals surface area (Å²) in [4.78, 5) is 27.9. The van der Waals surface area contributed by atoms with Crippen molar-refractivity contribution in [3.63, 3.8) is 0 Å². The van der Waals surface area contributed by atoms with Crippen LogP contribution in [-0.4, -0.2) is 23.9 Å². The molecule has 1 heterocycles. The zero-order chi connectivity index (χ0) is 16.1. The molecule has 0 atom stereocenters. The summed E-state index contributed by atoms with van der Waals surface area (Å²) >= 11 is 9.07. The molecule has 2 aromatic rings. The van der Waals surface area contributed by atoms with E-state index in [4.69, 9.17) is 16.3 Å². The van der Waals surface area contributed by atoms with Crippen LogP contribution in [0.2, 0.25) is 5.02 Å². The maximum absolute atomic E-state index is 12.1. The molecule has 0 aliphatic carbocycles. The molecule has 114 valence electrons. The number of methoxy groups -OCH3 is 1. The van der Waals surface area contributed by atoms with E-state index in [1.54, 1.807) is 24.4 Å². The van der Waals surface area contributed by atoms with Gasteiger partial charge < -0.3 is 4.74 Å². The molecule has 8 heteroatoms. The second kappa shape index (κ2) is 7.24. The Labute approximate surface area is 139 Å². The van der Waals surface area contributed by atoms with Gasteiger partial charge in [0.15, 0.2) is 0 Å². The van der Waals surface area contributed by atoms with Gasteiger partial charge in [-0.05, 0) is 40.2 Å². The van der Waals surface area contributed by atoms with E-state index in [9.17, 15) is 9.59 Å². The number of hydrogen-bond donors (Lipinski definition) is 2. The Morgan fingerprint density at radius 1 is 1.18 bits per heavy atom. The largest absolute Gasteiger partial charge is 0.496 e. The lowest BCUT2D eigenvalue weighted by Crippen LogP contribution is -2.41. The van der Waals surface area contributed by atoms with E-state index >= 15 is 0 Å². The lowest BCUT2D eigenvalue weighted by Gasteiger charge is -2.10. The van der Waals surface area contributed by atoms with E-state index in [1.165, 1.54) is 19.4 Å². The van der Waals surface area contributed by atoms with Crippen molar-refractivity contribution in [2.75, 3.05) is 7.11 Å². The quantitative estimate of drug-likeness (QED) is 0.797. The molecule has 0 saturated heterocycles. The Morgan fingerprint density at radius 3 is 2.59 bits per heavy atom. The Hall–Kier alpha value is -2.12. The molecule has 2 rings (SSSR count). The molecule has 0 saturated carbocycles. The van der Waals surface area contributed by atoms with Gasteiger partial charge in [-0.2, -0.15) is 0 Å². The zero-order valence-corrected chi connectivity index (χ0v) is 13.7. The van der Waals surface area contributed by atoms with Crippen molar-refractivity contribution in [3.8, 4) is 5.75 Å². The smallest absolute Gasteiger partial charge is 0.273 e. The van der Waals surface area contributed by atoms with E-state index in [-0.39, 0.29) is 5.56 Å². The first-order valence-corrected chi connectivity index (χ1v) is 7.23. The molecule has 1 aromatic carbocycles. The van der Waals surface area contributed by atoms with Gasteiger partial charge in [-0.1, -0.05) is 11.6 Å². The molecule has 2 amide bonds. The van der Waals surface area contributed by atoms with E-state index in [0.717, 1.165) is 0 Å². The van der Waals surface area contributed by atoms with Crippen LogP contribution in [0.1, 0.15) is 20.7 Å². The number of benzene rings is 1. The summed E-state index contributed by atoms with van der Waals surface area (Å²) in [6.45, 7) is 0. The molecule has 2 N–H and O–H groups in total. The number of hydrazine groups is 1. The molecule has 0 aliphatic rings. The van der Waals surface area contributed by atoms with Gasteiger partial charge in [0.2, 0.25) is 0 Å². The van der Waals surface area contributed by atoms with Crippen molar-refractivity contribution in [1.29, 1.82) is 0 Å². The lowest BCUT2D eigenvalue weighted by atomic mass is 10.2. The van der Waals surface area contributed by atoms with Crippen LogP contribution in [0.3, 0.4) is 0 Å². The molecule has 0 radical (unpaired) electrons. The van der Waals surface area contributed by atoms with Gasteiger partial charge in [-0.3, -0.25) is 25.4 Å². The third-order valence-corrected chi connectivity index (χ3v) is 3.33. The van der Waals surface area contributed by atoms with E-state index in [0.29, 0.717) is 20.8 Å². The highest BCUT2D eigenvalue weighted by molar-refractivity contribution is 9.10. The first kappa shape index (κ1) is 16.3. The molecular weight excluding hydrogens is 374 g/mol. The minimum atomic E-state index is -0.546. The van der Waals surface area contributed by atoms with Crippen molar-refractivity contribution >= 4 is 39.3 Å². The number of carbonyl (C=O) groups excluding carboxylic acids is 2. The van der Waals surface area contributed by atoms with Crippen LogP contribution in [-0.2, 0) is 0 Å². The highest BCUT2D eigenvalue weighted by Gasteiger charge is 2.14. The molecule has 0 unspecified atom stereocenters. The molecule has 22 heavy (non-hydrogen) atoms. The van der Waals surface area contributed by atoms with Gasteiger partial charge >= 0.3 is 0 Å². The highest BCUT2D eigenvalue weighted by atomic mass is 79.9. The summed E-state index contributed by atoms with van der Waals surface area (Å²) in [7, 11) is 1.44. The predicted molar refractivity (Wildman–Crippen MR) is 84.9 cm³/mol. The number of nitrogens with zero attached hydrogens (tertiary/aromatic N) is 1. The molecular formula is C14H11BrClN3O3. The number of pyridine rings is 1. The summed E-state index contributed by atoms with van der Waals surface area (Å²) < 4.78 is 5.74. The standard InChI is InChI=1S/C14H11BrClN3O3/c1-22-12-3-2-10(16)5-11(12)14(21)19-18-13(20)8-4-9(15)7-17-6-8/h2-7H,1H3,(H,18,20)(H,19,21). The van der Waals surface area contributed by atoms with Crippen LogP contribution in [0.5, 0.6) is 5.75 Å². The number of hydrogen-bond acceptors (Lipinski definition) is 4. The topological polar surface area (TPSA) is 80.3 Å². The second-order valence-corrected chi connectivity index (χ2v) is 5.50. The summed E-state index contributed by atoms with van der Waals surface area (Å²) in [6, 6.07) is 6.19. The summed E-state index contributed by atoms with van der Waals surface area (Å²) in [5, 5.41) is 0.383. The number of nitrogens with one attached hydrogen (secondary N) is 2. The van der Waals surface area contributed by atoms with Crippen molar-refractivity contribution in [1.82, 2.24) is 15.8 Å². The normalized spacial score (nSPS) is 9.95. The first-order chi connectivity index (χ1) is 10.5. The van der Waals surface area contributed by atoms with Crippen LogP contribution in [0, 0.1) is 0 Å². The maximum Gasteiger partial charge on any atom is 0.273 e.